The lowest BCUT2D eigenvalue weighted by atomic mass is 10.2. The van der Waals surface area contributed by atoms with Crippen LogP contribution in [-0.2, 0) is 0 Å². The van der Waals surface area contributed by atoms with Gasteiger partial charge in [-0.15, -0.1) is 11.3 Å². The van der Waals surface area contributed by atoms with Crippen molar-refractivity contribution in [1.82, 2.24) is 4.98 Å². The van der Waals surface area contributed by atoms with Crippen molar-refractivity contribution in [3.8, 4) is 28.1 Å². The number of ether oxygens (including phenoxy) is 2. The first-order valence-electron chi connectivity index (χ1n) is 7.64. The van der Waals surface area contributed by atoms with Gasteiger partial charge in [-0.1, -0.05) is 6.07 Å². The Kier molecular flexibility index (Phi) is 5.15. The van der Waals surface area contributed by atoms with Crippen LogP contribution >= 0.6 is 11.3 Å². The minimum atomic E-state index is -0.320. The van der Waals surface area contributed by atoms with Crippen molar-refractivity contribution in [3.05, 3.63) is 59.1 Å². The maximum atomic E-state index is 12.4. The Morgan fingerprint density at radius 3 is 2.58 bits per heavy atom. The molecule has 0 spiro atoms. The van der Waals surface area contributed by atoms with Crippen LogP contribution in [0, 0.1) is 11.3 Å². The Labute approximate surface area is 154 Å². The average molecular weight is 365 g/mol. The van der Waals surface area contributed by atoms with Gasteiger partial charge in [-0.25, -0.2) is 4.98 Å². The van der Waals surface area contributed by atoms with Crippen molar-refractivity contribution in [3.63, 3.8) is 0 Å². The van der Waals surface area contributed by atoms with Gasteiger partial charge in [0.05, 0.1) is 31.4 Å². The van der Waals surface area contributed by atoms with Crippen molar-refractivity contribution in [2.75, 3.05) is 19.5 Å². The van der Waals surface area contributed by atoms with Crippen molar-refractivity contribution >= 4 is 22.9 Å². The molecular formula is C19H15N3O3S. The van der Waals surface area contributed by atoms with Crippen LogP contribution in [0.15, 0.2) is 47.8 Å². The number of para-hydroxylation sites is 1. The van der Waals surface area contributed by atoms with E-state index in [4.69, 9.17) is 14.7 Å². The van der Waals surface area contributed by atoms with E-state index in [2.05, 4.69) is 10.3 Å². The molecule has 0 fully saturated rings. The first-order chi connectivity index (χ1) is 12.7. The molecular weight excluding hydrogens is 350 g/mol. The van der Waals surface area contributed by atoms with Crippen molar-refractivity contribution in [2.45, 2.75) is 0 Å². The maximum absolute atomic E-state index is 12.4. The van der Waals surface area contributed by atoms with Gasteiger partial charge in [-0.05, 0) is 36.4 Å². The lowest BCUT2D eigenvalue weighted by molar-refractivity contribution is 0.102. The summed E-state index contributed by atoms with van der Waals surface area (Å²) in [5.74, 6) is 0.853. The predicted octanol–water partition coefficient (Wildman–Crippen LogP) is 3.95. The summed E-state index contributed by atoms with van der Waals surface area (Å²) in [5, 5.41) is 13.9. The Morgan fingerprint density at radius 1 is 1.15 bits per heavy atom. The van der Waals surface area contributed by atoms with E-state index < -0.39 is 0 Å². The van der Waals surface area contributed by atoms with E-state index in [0.717, 1.165) is 5.56 Å². The van der Waals surface area contributed by atoms with E-state index >= 15 is 0 Å². The maximum Gasteiger partial charge on any atom is 0.275 e. The van der Waals surface area contributed by atoms with Crippen LogP contribution in [0.3, 0.4) is 0 Å². The van der Waals surface area contributed by atoms with Gasteiger partial charge in [-0.3, -0.25) is 4.79 Å². The SMILES string of the molecule is COc1cccc(-c2nc(C(=O)Nc3ccc(C#N)cc3)cs2)c1OC. The molecule has 1 amide bonds. The average Bonchev–Trinajstić information content (AvgIpc) is 3.18. The van der Waals surface area contributed by atoms with Gasteiger partial charge in [0.1, 0.15) is 10.7 Å². The quantitative estimate of drug-likeness (QED) is 0.740. The summed E-state index contributed by atoms with van der Waals surface area (Å²) in [4.78, 5) is 16.8. The molecule has 2 aromatic carbocycles. The number of nitrogens with zero attached hydrogens (tertiary/aromatic N) is 2. The highest BCUT2D eigenvalue weighted by atomic mass is 32.1. The van der Waals surface area contributed by atoms with Crippen LogP contribution in [0.5, 0.6) is 11.5 Å². The molecule has 0 radical (unpaired) electrons. The summed E-state index contributed by atoms with van der Waals surface area (Å²) in [6.07, 6.45) is 0. The molecule has 1 N–H and O–H groups in total. The van der Waals surface area contributed by atoms with E-state index in [-0.39, 0.29) is 5.91 Å². The molecule has 0 saturated carbocycles. The second-order valence-corrected chi connectivity index (χ2v) is 6.08. The minimum absolute atomic E-state index is 0.305. The number of carbonyl (C=O) groups is 1. The number of hydrogen-bond donors (Lipinski definition) is 1. The number of anilines is 1. The molecule has 3 aromatic rings. The highest BCUT2D eigenvalue weighted by Gasteiger charge is 2.17. The molecule has 130 valence electrons. The van der Waals surface area contributed by atoms with Crippen molar-refractivity contribution < 1.29 is 14.3 Å². The van der Waals surface area contributed by atoms with Crippen molar-refractivity contribution in [1.29, 1.82) is 5.26 Å². The molecule has 26 heavy (non-hydrogen) atoms. The Morgan fingerprint density at radius 2 is 1.92 bits per heavy atom. The molecule has 0 atom stereocenters. The lowest BCUT2D eigenvalue weighted by Crippen LogP contribution is -2.12. The summed E-state index contributed by atoms with van der Waals surface area (Å²) in [7, 11) is 3.13. The van der Waals surface area contributed by atoms with Crippen LogP contribution in [-0.4, -0.2) is 25.1 Å². The summed E-state index contributed by atoms with van der Waals surface area (Å²) in [5.41, 5.74) is 2.19. The second kappa shape index (κ2) is 7.68. The van der Waals surface area contributed by atoms with E-state index in [1.807, 2.05) is 18.2 Å². The number of thiazole rings is 1. The van der Waals surface area contributed by atoms with Crippen LogP contribution in [0.4, 0.5) is 5.69 Å². The van der Waals surface area contributed by atoms with Crippen LogP contribution in [0.2, 0.25) is 0 Å². The number of carbonyl (C=O) groups excluding carboxylic acids is 1. The van der Waals surface area contributed by atoms with Gasteiger partial charge < -0.3 is 14.8 Å². The first kappa shape index (κ1) is 17.5. The summed E-state index contributed by atoms with van der Waals surface area (Å²) in [6.45, 7) is 0. The standard InChI is InChI=1S/C19H15N3O3S/c1-24-16-5-3-4-14(17(16)25-2)19-22-15(11-26-19)18(23)21-13-8-6-12(10-20)7-9-13/h3-9,11H,1-2H3,(H,21,23). The molecule has 0 unspecified atom stereocenters. The van der Waals surface area contributed by atoms with Crippen LogP contribution < -0.4 is 14.8 Å². The van der Waals surface area contributed by atoms with E-state index in [1.165, 1.54) is 11.3 Å². The third kappa shape index (κ3) is 3.50. The number of nitriles is 1. The number of hydrogen-bond acceptors (Lipinski definition) is 6. The molecule has 0 aliphatic rings. The lowest BCUT2D eigenvalue weighted by Gasteiger charge is -2.10. The van der Waals surface area contributed by atoms with Gasteiger partial charge in [0.15, 0.2) is 11.5 Å². The van der Waals surface area contributed by atoms with Crippen LogP contribution in [0.25, 0.3) is 10.6 Å². The molecule has 6 nitrogen and oxygen atoms in total. The van der Waals surface area contributed by atoms with Gasteiger partial charge in [0.25, 0.3) is 5.91 Å². The predicted molar refractivity (Wildman–Crippen MR) is 99.8 cm³/mol. The molecule has 1 aromatic heterocycles. The fraction of sp³-hybridized carbons (Fsp3) is 0.105. The molecule has 3 rings (SSSR count). The zero-order valence-electron chi connectivity index (χ0n) is 14.1. The summed E-state index contributed by atoms with van der Waals surface area (Å²) >= 11 is 1.35. The summed E-state index contributed by atoms with van der Waals surface area (Å²) in [6, 6.07) is 14.2. The van der Waals surface area contributed by atoms with Crippen LogP contribution in [0.1, 0.15) is 16.1 Å². The first-order valence-corrected chi connectivity index (χ1v) is 8.52. The van der Waals surface area contributed by atoms with E-state index in [9.17, 15) is 4.79 Å². The third-order valence-electron chi connectivity index (χ3n) is 3.64. The Bertz CT molecular complexity index is 974. The zero-order chi connectivity index (χ0) is 18.5. The second-order valence-electron chi connectivity index (χ2n) is 5.22. The largest absolute Gasteiger partial charge is 0.493 e. The highest BCUT2D eigenvalue weighted by molar-refractivity contribution is 7.13. The van der Waals surface area contributed by atoms with Gasteiger partial charge in [0, 0.05) is 11.1 Å². The number of benzene rings is 2. The van der Waals surface area contributed by atoms with Gasteiger partial charge >= 0.3 is 0 Å². The number of amides is 1. The number of aromatic nitrogens is 1. The Hall–Kier alpha value is -3.37. The fourth-order valence-electron chi connectivity index (χ4n) is 2.38. The molecule has 0 aliphatic heterocycles. The Balaban J connectivity index is 1.83. The topological polar surface area (TPSA) is 84.2 Å². The number of rotatable bonds is 5. The summed E-state index contributed by atoms with van der Waals surface area (Å²) < 4.78 is 10.7. The smallest absolute Gasteiger partial charge is 0.275 e. The van der Waals surface area contributed by atoms with Gasteiger partial charge in [0.2, 0.25) is 0 Å². The van der Waals surface area contributed by atoms with E-state index in [0.29, 0.717) is 33.5 Å². The van der Waals surface area contributed by atoms with E-state index in [1.54, 1.807) is 49.9 Å². The van der Waals surface area contributed by atoms with Gasteiger partial charge in [-0.2, -0.15) is 5.26 Å². The fourth-order valence-corrected chi connectivity index (χ4v) is 3.20. The number of nitrogens with one attached hydrogen (secondary N) is 1. The molecule has 0 aliphatic carbocycles. The minimum Gasteiger partial charge on any atom is -0.493 e. The monoisotopic (exact) mass is 365 g/mol. The third-order valence-corrected chi connectivity index (χ3v) is 4.52. The van der Waals surface area contributed by atoms with Crippen molar-refractivity contribution in [2.24, 2.45) is 0 Å². The highest BCUT2D eigenvalue weighted by Crippen LogP contribution is 2.39. The normalized spacial score (nSPS) is 10.0. The zero-order valence-corrected chi connectivity index (χ0v) is 15.0. The molecule has 0 saturated heterocycles. The number of methoxy groups -OCH3 is 2. The molecule has 7 heteroatoms. The molecule has 0 bridgehead atoms. The molecule has 1 heterocycles.